The van der Waals surface area contributed by atoms with Crippen molar-refractivity contribution < 1.29 is 28.6 Å². The summed E-state index contributed by atoms with van der Waals surface area (Å²) in [5.41, 5.74) is 1.55. The van der Waals surface area contributed by atoms with Crippen LogP contribution in [-0.4, -0.2) is 37.8 Å². The number of hydrogen-bond donors (Lipinski definition) is 2. The minimum atomic E-state index is -0.691. The van der Waals surface area contributed by atoms with Gasteiger partial charge in [0.15, 0.2) is 6.61 Å². The highest BCUT2D eigenvalue weighted by molar-refractivity contribution is 7.10. The van der Waals surface area contributed by atoms with E-state index >= 15 is 0 Å². The maximum Gasteiger partial charge on any atom is 0.344 e. The fourth-order valence-electron chi connectivity index (χ4n) is 3.24. The van der Waals surface area contributed by atoms with Crippen LogP contribution < -0.4 is 15.4 Å². The van der Waals surface area contributed by atoms with Gasteiger partial charge in [-0.2, -0.15) is 0 Å². The van der Waals surface area contributed by atoms with Crippen molar-refractivity contribution >= 4 is 29.3 Å². The molecular formula is C24H28N2O6S. The number of urea groups is 1. The summed E-state index contributed by atoms with van der Waals surface area (Å²) in [6.07, 6.45) is 0. The van der Waals surface area contributed by atoms with E-state index in [1.165, 1.54) is 11.3 Å². The zero-order chi connectivity index (χ0) is 24.0. The number of nitrogens with one attached hydrogen (secondary N) is 2. The zero-order valence-electron chi connectivity index (χ0n) is 19.1. The first-order valence-corrected chi connectivity index (χ1v) is 11.5. The first-order valence-electron chi connectivity index (χ1n) is 10.6. The number of amides is 2. The zero-order valence-corrected chi connectivity index (χ0v) is 19.9. The number of thiophene rings is 1. The molecule has 0 aliphatic carbocycles. The van der Waals surface area contributed by atoms with E-state index in [4.69, 9.17) is 14.2 Å². The number of carbonyl (C=O) groups is 3. The molecule has 1 aliphatic rings. The Bertz CT molecular complexity index is 1020. The minimum Gasteiger partial charge on any atom is -0.482 e. The lowest BCUT2D eigenvalue weighted by Gasteiger charge is -2.28. The summed E-state index contributed by atoms with van der Waals surface area (Å²) in [5.74, 6) is -0.685. The van der Waals surface area contributed by atoms with Crippen molar-refractivity contribution in [2.24, 2.45) is 0 Å². The van der Waals surface area contributed by atoms with Crippen molar-refractivity contribution in [1.82, 2.24) is 10.6 Å². The minimum absolute atomic E-state index is 0.0159. The highest BCUT2D eigenvalue weighted by atomic mass is 32.1. The number of esters is 2. The molecule has 0 bridgehead atoms. The lowest BCUT2D eigenvalue weighted by molar-refractivity contribution is -0.145. The molecule has 2 aromatic rings. The van der Waals surface area contributed by atoms with Crippen LogP contribution in [0.15, 0.2) is 53.0 Å². The lowest BCUT2D eigenvalue weighted by Crippen LogP contribution is -2.47. The standard InChI is InChI=1S/C24H28N2O6S/c1-5-30-22(28)20-17(25-23(29)26-21(20)18-7-6-12-33-18)13-32-19(27)14-31-16-10-8-15(9-11-16)24(2,3)4/h6-12,21H,5,13-14H2,1-4H3,(H2,25,26,29)/t21-/m1/s1. The first-order chi connectivity index (χ1) is 15.7. The second-order valence-electron chi connectivity index (χ2n) is 8.38. The van der Waals surface area contributed by atoms with Crippen molar-refractivity contribution in [2.45, 2.75) is 39.2 Å². The molecule has 0 saturated heterocycles. The van der Waals surface area contributed by atoms with Gasteiger partial charge in [0, 0.05) is 4.88 Å². The van der Waals surface area contributed by atoms with Crippen LogP contribution in [0.5, 0.6) is 5.75 Å². The van der Waals surface area contributed by atoms with Crippen LogP contribution in [0.1, 0.15) is 44.2 Å². The Morgan fingerprint density at radius 1 is 1.09 bits per heavy atom. The van der Waals surface area contributed by atoms with E-state index in [2.05, 4.69) is 31.4 Å². The molecule has 2 amide bonds. The number of hydrogen-bond acceptors (Lipinski definition) is 7. The van der Waals surface area contributed by atoms with Crippen molar-refractivity contribution in [3.63, 3.8) is 0 Å². The van der Waals surface area contributed by atoms with Gasteiger partial charge in [0.2, 0.25) is 0 Å². The summed E-state index contributed by atoms with van der Waals surface area (Å²) >= 11 is 1.39. The molecule has 8 nitrogen and oxygen atoms in total. The maximum atomic E-state index is 12.6. The van der Waals surface area contributed by atoms with Crippen molar-refractivity contribution in [1.29, 1.82) is 0 Å². The van der Waals surface area contributed by atoms with Gasteiger partial charge in [-0.25, -0.2) is 14.4 Å². The van der Waals surface area contributed by atoms with Gasteiger partial charge in [0.1, 0.15) is 12.4 Å². The smallest absolute Gasteiger partial charge is 0.344 e. The SMILES string of the molecule is CCOC(=O)C1=C(COC(=O)COc2ccc(C(C)(C)C)cc2)NC(=O)N[C@@H]1c1cccs1. The topological polar surface area (TPSA) is 103 Å². The maximum absolute atomic E-state index is 12.6. The van der Waals surface area contributed by atoms with Gasteiger partial charge in [-0.15, -0.1) is 11.3 Å². The summed E-state index contributed by atoms with van der Waals surface area (Å²) in [6.45, 7) is 7.60. The molecule has 0 radical (unpaired) electrons. The third kappa shape index (κ3) is 6.35. The highest BCUT2D eigenvalue weighted by Gasteiger charge is 2.34. The molecule has 0 unspecified atom stereocenters. The molecule has 1 atom stereocenters. The van der Waals surface area contributed by atoms with Crippen LogP contribution in [0.3, 0.4) is 0 Å². The molecule has 1 aliphatic heterocycles. The van der Waals surface area contributed by atoms with Gasteiger partial charge in [0.25, 0.3) is 0 Å². The van der Waals surface area contributed by atoms with Gasteiger partial charge in [-0.3, -0.25) is 0 Å². The molecule has 0 fully saturated rings. The molecule has 2 N–H and O–H groups in total. The molecule has 9 heteroatoms. The molecule has 1 aromatic heterocycles. The average Bonchev–Trinajstić information content (AvgIpc) is 3.30. The Hall–Kier alpha value is -3.33. The van der Waals surface area contributed by atoms with E-state index in [9.17, 15) is 14.4 Å². The molecular weight excluding hydrogens is 444 g/mol. The summed E-state index contributed by atoms with van der Waals surface area (Å²) < 4.78 is 16.0. The third-order valence-corrected chi connectivity index (χ3v) is 5.87. The third-order valence-electron chi connectivity index (χ3n) is 4.93. The summed E-state index contributed by atoms with van der Waals surface area (Å²) in [7, 11) is 0. The van der Waals surface area contributed by atoms with Gasteiger partial charge in [-0.05, 0) is 41.5 Å². The highest BCUT2D eigenvalue weighted by Crippen LogP contribution is 2.30. The van der Waals surface area contributed by atoms with E-state index in [-0.39, 0.29) is 36.5 Å². The average molecular weight is 473 g/mol. The predicted molar refractivity (Wildman–Crippen MR) is 124 cm³/mol. The van der Waals surface area contributed by atoms with Gasteiger partial charge in [-0.1, -0.05) is 39.0 Å². The fraction of sp³-hybridized carbons (Fsp3) is 0.375. The Morgan fingerprint density at radius 3 is 2.42 bits per heavy atom. The number of rotatable bonds is 8. The second-order valence-corrected chi connectivity index (χ2v) is 9.36. The van der Waals surface area contributed by atoms with Gasteiger partial charge >= 0.3 is 18.0 Å². The largest absolute Gasteiger partial charge is 0.482 e. The van der Waals surface area contributed by atoms with E-state index in [1.54, 1.807) is 19.1 Å². The van der Waals surface area contributed by atoms with Gasteiger partial charge in [0.05, 0.1) is 23.9 Å². The van der Waals surface area contributed by atoms with Crippen LogP contribution in [0.2, 0.25) is 0 Å². The van der Waals surface area contributed by atoms with Crippen LogP contribution in [0.4, 0.5) is 4.79 Å². The number of benzene rings is 1. The molecule has 2 heterocycles. The normalized spacial score (nSPS) is 16.0. The lowest BCUT2D eigenvalue weighted by atomic mass is 9.87. The molecule has 0 saturated carbocycles. The predicted octanol–water partition coefficient (Wildman–Crippen LogP) is 3.84. The molecule has 0 spiro atoms. The monoisotopic (exact) mass is 472 g/mol. The Kier molecular flexibility index (Phi) is 7.75. The number of carbonyl (C=O) groups excluding carboxylic acids is 3. The van der Waals surface area contributed by atoms with Crippen molar-refractivity contribution in [2.75, 3.05) is 19.8 Å². The molecule has 1 aromatic carbocycles. The van der Waals surface area contributed by atoms with E-state index in [0.717, 1.165) is 10.4 Å². The first kappa shape index (κ1) is 24.3. The molecule has 33 heavy (non-hydrogen) atoms. The van der Waals surface area contributed by atoms with Crippen molar-refractivity contribution in [3.8, 4) is 5.75 Å². The van der Waals surface area contributed by atoms with E-state index < -0.39 is 24.0 Å². The number of ether oxygens (including phenoxy) is 3. The summed E-state index contributed by atoms with van der Waals surface area (Å²) in [5, 5.41) is 7.13. The summed E-state index contributed by atoms with van der Waals surface area (Å²) in [4.78, 5) is 37.9. The molecule has 3 rings (SSSR count). The second kappa shape index (κ2) is 10.5. The van der Waals surface area contributed by atoms with Gasteiger partial charge < -0.3 is 24.8 Å². The Balaban J connectivity index is 1.67. The van der Waals surface area contributed by atoms with Crippen LogP contribution in [0.25, 0.3) is 0 Å². The van der Waals surface area contributed by atoms with Crippen LogP contribution in [-0.2, 0) is 24.5 Å². The van der Waals surface area contributed by atoms with Crippen molar-refractivity contribution in [3.05, 3.63) is 63.5 Å². The quantitative estimate of drug-likeness (QED) is 0.566. The van der Waals surface area contributed by atoms with Crippen LogP contribution >= 0.6 is 11.3 Å². The van der Waals surface area contributed by atoms with E-state index in [0.29, 0.717) is 5.75 Å². The molecule has 176 valence electrons. The van der Waals surface area contributed by atoms with Crippen LogP contribution in [0, 0.1) is 0 Å². The Morgan fingerprint density at radius 2 is 1.82 bits per heavy atom. The fourth-order valence-corrected chi connectivity index (χ4v) is 4.02. The Labute approximate surface area is 196 Å². The van der Waals surface area contributed by atoms with E-state index in [1.807, 2.05) is 29.6 Å². The summed E-state index contributed by atoms with van der Waals surface area (Å²) in [6, 6.07) is 9.94.